The molecule has 1 aromatic carbocycles. The molecule has 2 N–H and O–H groups in total. The van der Waals surface area contributed by atoms with Gasteiger partial charge in [-0.3, -0.25) is 0 Å². The van der Waals surface area contributed by atoms with Gasteiger partial charge in [0.25, 0.3) is 0 Å². The molecule has 1 aromatic rings. The monoisotopic (exact) mass is 239 g/mol. The zero-order chi connectivity index (χ0) is 11.0. The standard InChI is InChI=1S/C9H9Cl2F2N/c1-3(2)4-7(12)5(10)6(11)8(13)9(4)14/h3H,14H2,1-2H3. The predicted octanol–water partition coefficient (Wildman–Crippen LogP) is 3.98. The van der Waals surface area contributed by atoms with Crippen LogP contribution >= 0.6 is 23.2 Å². The first-order valence-corrected chi connectivity index (χ1v) is 4.74. The summed E-state index contributed by atoms with van der Waals surface area (Å²) in [4.78, 5) is 0. The van der Waals surface area contributed by atoms with Gasteiger partial charge in [-0.25, -0.2) is 8.78 Å². The molecule has 0 bridgehead atoms. The Morgan fingerprint density at radius 2 is 1.50 bits per heavy atom. The lowest BCUT2D eigenvalue weighted by atomic mass is 10.0. The van der Waals surface area contributed by atoms with Crippen LogP contribution < -0.4 is 5.73 Å². The van der Waals surface area contributed by atoms with Crippen LogP contribution in [-0.2, 0) is 0 Å². The highest BCUT2D eigenvalue weighted by Gasteiger charge is 2.22. The summed E-state index contributed by atoms with van der Waals surface area (Å²) in [6.45, 7) is 3.39. The lowest BCUT2D eigenvalue weighted by molar-refractivity contribution is 0.580. The van der Waals surface area contributed by atoms with E-state index in [0.717, 1.165) is 0 Å². The molecule has 14 heavy (non-hydrogen) atoms. The Morgan fingerprint density at radius 3 is 1.93 bits per heavy atom. The van der Waals surface area contributed by atoms with Crippen LogP contribution in [0.15, 0.2) is 0 Å². The van der Waals surface area contributed by atoms with Crippen LogP contribution in [0.25, 0.3) is 0 Å². The maximum atomic E-state index is 13.5. The van der Waals surface area contributed by atoms with Crippen molar-refractivity contribution in [3.63, 3.8) is 0 Å². The number of halogens is 4. The molecule has 0 aromatic heterocycles. The van der Waals surface area contributed by atoms with Crippen LogP contribution in [0.3, 0.4) is 0 Å². The van der Waals surface area contributed by atoms with Crippen molar-refractivity contribution in [1.82, 2.24) is 0 Å². The molecule has 0 heterocycles. The van der Waals surface area contributed by atoms with Crippen molar-refractivity contribution < 1.29 is 8.78 Å². The highest BCUT2D eigenvalue weighted by Crippen LogP contribution is 2.38. The van der Waals surface area contributed by atoms with Gasteiger partial charge in [0.1, 0.15) is 10.8 Å². The smallest absolute Gasteiger partial charge is 0.166 e. The second kappa shape index (κ2) is 3.91. The summed E-state index contributed by atoms with van der Waals surface area (Å²) < 4.78 is 26.8. The van der Waals surface area contributed by atoms with Gasteiger partial charge >= 0.3 is 0 Å². The number of nitrogens with two attached hydrogens (primary N) is 1. The van der Waals surface area contributed by atoms with Crippen LogP contribution in [0.1, 0.15) is 25.3 Å². The second-order valence-corrected chi connectivity index (χ2v) is 3.99. The minimum Gasteiger partial charge on any atom is -0.396 e. The minimum absolute atomic E-state index is 0.0666. The maximum absolute atomic E-state index is 13.5. The Hall–Kier alpha value is -0.540. The van der Waals surface area contributed by atoms with E-state index in [-0.39, 0.29) is 17.2 Å². The first-order valence-electron chi connectivity index (χ1n) is 3.99. The van der Waals surface area contributed by atoms with E-state index >= 15 is 0 Å². The summed E-state index contributed by atoms with van der Waals surface area (Å²) in [5.41, 5.74) is 5.19. The Bertz CT molecular complexity index is 349. The summed E-state index contributed by atoms with van der Waals surface area (Å²) >= 11 is 10.9. The zero-order valence-electron chi connectivity index (χ0n) is 7.67. The van der Waals surface area contributed by atoms with Crippen molar-refractivity contribution in [2.24, 2.45) is 0 Å². The molecule has 1 rings (SSSR count). The third kappa shape index (κ3) is 1.66. The lowest BCUT2D eigenvalue weighted by Crippen LogP contribution is -2.05. The van der Waals surface area contributed by atoms with E-state index in [1.54, 1.807) is 13.8 Å². The van der Waals surface area contributed by atoms with Crippen LogP contribution in [0, 0.1) is 11.6 Å². The first kappa shape index (κ1) is 11.5. The fourth-order valence-electron chi connectivity index (χ4n) is 1.23. The highest BCUT2D eigenvalue weighted by atomic mass is 35.5. The van der Waals surface area contributed by atoms with Gasteiger partial charge in [0.2, 0.25) is 0 Å². The largest absolute Gasteiger partial charge is 0.396 e. The summed E-state index contributed by atoms with van der Waals surface area (Å²) in [7, 11) is 0. The van der Waals surface area contributed by atoms with Crippen LogP contribution in [0.5, 0.6) is 0 Å². The number of nitrogen functional groups attached to an aromatic ring is 1. The summed E-state index contributed by atoms with van der Waals surface area (Å²) in [5.74, 6) is -1.85. The average Bonchev–Trinajstić information content (AvgIpc) is 2.11. The van der Waals surface area contributed by atoms with E-state index in [4.69, 9.17) is 28.9 Å². The molecule has 1 nitrogen and oxygen atoms in total. The highest BCUT2D eigenvalue weighted by molar-refractivity contribution is 6.42. The van der Waals surface area contributed by atoms with Gasteiger partial charge in [-0.05, 0) is 5.92 Å². The first-order chi connectivity index (χ1) is 6.37. The van der Waals surface area contributed by atoms with Gasteiger partial charge in [-0.2, -0.15) is 0 Å². The van der Waals surface area contributed by atoms with Gasteiger partial charge in [-0.15, -0.1) is 0 Å². The normalized spacial score (nSPS) is 11.1. The Kier molecular flexibility index (Phi) is 3.22. The fraction of sp³-hybridized carbons (Fsp3) is 0.333. The molecule has 0 radical (unpaired) electrons. The number of rotatable bonds is 1. The summed E-state index contributed by atoms with van der Waals surface area (Å²) in [6, 6.07) is 0. The quantitative estimate of drug-likeness (QED) is 0.448. The van der Waals surface area contributed by atoms with E-state index < -0.39 is 21.7 Å². The molecule has 0 amide bonds. The fourth-order valence-corrected chi connectivity index (χ4v) is 1.60. The van der Waals surface area contributed by atoms with E-state index in [0.29, 0.717) is 0 Å². The molecule has 0 aliphatic heterocycles. The van der Waals surface area contributed by atoms with Gasteiger partial charge in [0.15, 0.2) is 5.82 Å². The topological polar surface area (TPSA) is 26.0 Å². The van der Waals surface area contributed by atoms with E-state index in [1.165, 1.54) is 0 Å². The van der Waals surface area contributed by atoms with Gasteiger partial charge in [0.05, 0.1) is 10.7 Å². The molecule has 0 spiro atoms. The molecular formula is C9H9Cl2F2N. The summed E-state index contributed by atoms with van der Waals surface area (Å²) in [6.07, 6.45) is 0. The second-order valence-electron chi connectivity index (χ2n) is 3.24. The van der Waals surface area contributed by atoms with Crippen LogP contribution in [0.2, 0.25) is 10.0 Å². The van der Waals surface area contributed by atoms with Crippen molar-refractivity contribution in [3.05, 3.63) is 27.2 Å². The summed E-state index contributed by atoms with van der Waals surface area (Å²) in [5, 5.41) is -0.881. The van der Waals surface area contributed by atoms with Crippen molar-refractivity contribution in [3.8, 4) is 0 Å². The van der Waals surface area contributed by atoms with Gasteiger partial charge in [0, 0.05) is 5.56 Å². The maximum Gasteiger partial charge on any atom is 0.166 e. The van der Waals surface area contributed by atoms with Crippen LogP contribution in [0.4, 0.5) is 14.5 Å². The predicted molar refractivity (Wildman–Crippen MR) is 54.9 cm³/mol. The minimum atomic E-state index is -0.859. The van der Waals surface area contributed by atoms with Crippen molar-refractivity contribution in [1.29, 1.82) is 0 Å². The lowest BCUT2D eigenvalue weighted by Gasteiger charge is -2.13. The molecule has 5 heteroatoms. The van der Waals surface area contributed by atoms with Crippen LogP contribution in [-0.4, -0.2) is 0 Å². The Morgan fingerprint density at radius 1 is 1.07 bits per heavy atom. The third-order valence-corrected chi connectivity index (χ3v) is 2.73. The third-order valence-electron chi connectivity index (χ3n) is 1.92. The van der Waals surface area contributed by atoms with E-state index in [1.807, 2.05) is 0 Å². The number of anilines is 1. The average molecular weight is 240 g/mol. The van der Waals surface area contributed by atoms with Gasteiger partial charge in [-0.1, -0.05) is 37.0 Å². The van der Waals surface area contributed by atoms with E-state index in [2.05, 4.69) is 0 Å². The molecule has 0 saturated carbocycles. The van der Waals surface area contributed by atoms with E-state index in [9.17, 15) is 8.78 Å². The molecule has 0 saturated heterocycles. The van der Waals surface area contributed by atoms with Gasteiger partial charge < -0.3 is 5.73 Å². The number of hydrogen-bond acceptors (Lipinski definition) is 1. The molecule has 0 fully saturated rings. The Balaban J connectivity index is 3.60. The Labute approximate surface area is 90.8 Å². The van der Waals surface area contributed by atoms with Crippen molar-refractivity contribution in [2.75, 3.05) is 5.73 Å². The van der Waals surface area contributed by atoms with Crippen molar-refractivity contribution >= 4 is 28.9 Å². The number of hydrogen-bond donors (Lipinski definition) is 1. The van der Waals surface area contributed by atoms with Crippen molar-refractivity contribution in [2.45, 2.75) is 19.8 Å². The SMILES string of the molecule is CC(C)c1c(N)c(F)c(Cl)c(Cl)c1F. The molecule has 78 valence electrons. The zero-order valence-corrected chi connectivity index (χ0v) is 9.18. The molecule has 0 aliphatic carbocycles. The molecule has 0 atom stereocenters. The molecule has 0 unspecified atom stereocenters. The number of benzene rings is 1. The molecular weight excluding hydrogens is 231 g/mol. The molecule has 0 aliphatic rings.